The highest BCUT2D eigenvalue weighted by Gasteiger charge is 2.32. The summed E-state index contributed by atoms with van der Waals surface area (Å²) >= 11 is 0. The van der Waals surface area contributed by atoms with Gasteiger partial charge in [0.1, 0.15) is 0 Å². The number of rotatable bonds is 4. The average molecular weight is 251 g/mol. The molecule has 1 N–H and O–H groups in total. The van der Waals surface area contributed by atoms with Crippen LogP contribution in [0.5, 0.6) is 0 Å². The number of aryl methyl sites for hydroxylation is 2. The molecule has 1 aromatic rings. The first-order valence-corrected chi connectivity index (χ1v) is 7.04. The molecule has 4 heteroatoms. The highest BCUT2D eigenvalue weighted by atomic mass is 16.3. The number of hydrogen-bond donors (Lipinski definition) is 1. The minimum Gasteiger partial charge on any atom is -0.389 e. The van der Waals surface area contributed by atoms with E-state index in [0.29, 0.717) is 0 Å². The molecule has 0 unspecified atom stereocenters. The number of nitrogens with zero attached hydrogens (tertiary/aromatic N) is 3. The summed E-state index contributed by atoms with van der Waals surface area (Å²) in [6, 6.07) is 2.10. The largest absolute Gasteiger partial charge is 0.389 e. The molecule has 0 radical (unpaired) electrons. The van der Waals surface area contributed by atoms with Gasteiger partial charge >= 0.3 is 0 Å². The number of hydrogen-bond acceptors (Lipinski definition) is 3. The van der Waals surface area contributed by atoms with Crippen molar-refractivity contribution in [1.29, 1.82) is 0 Å². The monoisotopic (exact) mass is 251 g/mol. The lowest BCUT2D eigenvalue weighted by molar-refractivity contribution is -0.0208. The average Bonchev–Trinajstić information content (AvgIpc) is 2.70. The lowest BCUT2D eigenvalue weighted by Crippen LogP contribution is -2.45. The molecular weight excluding hydrogens is 226 g/mol. The molecule has 4 nitrogen and oxygen atoms in total. The summed E-state index contributed by atoms with van der Waals surface area (Å²) in [6.45, 7) is 10.3. The van der Waals surface area contributed by atoms with Gasteiger partial charge in [-0.25, -0.2) is 0 Å². The van der Waals surface area contributed by atoms with Gasteiger partial charge < -0.3 is 10.0 Å². The first kappa shape index (κ1) is 13.6. The van der Waals surface area contributed by atoms with Crippen molar-refractivity contribution in [3.8, 4) is 0 Å². The SMILES string of the molecule is CCN1CCC(O)(Cc2cc(C)nn2CC)CC1. The molecule has 0 aliphatic carbocycles. The molecule has 0 bridgehead atoms. The van der Waals surface area contributed by atoms with Crippen LogP contribution in [0.2, 0.25) is 0 Å². The zero-order valence-electron chi connectivity index (χ0n) is 11.8. The summed E-state index contributed by atoms with van der Waals surface area (Å²) in [5.74, 6) is 0. The van der Waals surface area contributed by atoms with Crippen LogP contribution in [0.4, 0.5) is 0 Å². The number of aromatic nitrogens is 2. The first-order chi connectivity index (χ1) is 8.56. The molecule has 1 fully saturated rings. The van der Waals surface area contributed by atoms with Crippen molar-refractivity contribution in [2.75, 3.05) is 19.6 Å². The quantitative estimate of drug-likeness (QED) is 0.884. The van der Waals surface area contributed by atoms with Gasteiger partial charge in [0, 0.05) is 31.7 Å². The van der Waals surface area contributed by atoms with E-state index in [4.69, 9.17) is 0 Å². The maximum Gasteiger partial charge on any atom is 0.0727 e. The van der Waals surface area contributed by atoms with Crippen molar-refractivity contribution in [2.45, 2.75) is 52.2 Å². The van der Waals surface area contributed by atoms with Crippen LogP contribution >= 0.6 is 0 Å². The van der Waals surface area contributed by atoms with Crippen molar-refractivity contribution in [3.63, 3.8) is 0 Å². The topological polar surface area (TPSA) is 41.3 Å². The predicted molar refractivity (Wildman–Crippen MR) is 72.6 cm³/mol. The molecule has 0 atom stereocenters. The van der Waals surface area contributed by atoms with E-state index in [1.807, 2.05) is 11.6 Å². The number of piperidine rings is 1. The maximum atomic E-state index is 10.7. The number of likely N-dealkylation sites (tertiary alicyclic amines) is 1. The summed E-state index contributed by atoms with van der Waals surface area (Å²) in [7, 11) is 0. The Labute approximate surface area is 110 Å². The van der Waals surface area contributed by atoms with Gasteiger partial charge in [-0.05, 0) is 39.3 Å². The lowest BCUT2D eigenvalue weighted by atomic mass is 9.87. The van der Waals surface area contributed by atoms with E-state index >= 15 is 0 Å². The van der Waals surface area contributed by atoms with Gasteiger partial charge in [-0.2, -0.15) is 5.10 Å². The lowest BCUT2D eigenvalue weighted by Gasteiger charge is -2.37. The molecule has 2 rings (SSSR count). The summed E-state index contributed by atoms with van der Waals surface area (Å²) in [4.78, 5) is 2.40. The molecule has 0 amide bonds. The van der Waals surface area contributed by atoms with E-state index < -0.39 is 5.60 Å². The second kappa shape index (κ2) is 5.41. The molecule has 1 saturated heterocycles. The molecule has 102 valence electrons. The predicted octanol–water partition coefficient (Wildman–Crippen LogP) is 1.60. The van der Waals surface area contributed by atoms with Crippen LogP contribution in [0, 0.1) is 6.92 Å². The van der Waals surface area contributed by atoms with Crippen molar-refractivity contribution < 1.29 is 5.11 Å². The van der Waals surface area contributed by atoms with E-state index in [1.54, 1.807) is 0 Å². The third-order valence-electron chi connectivity index (χ3n) is 4.03. The molecule has 0 aromatic carbocycles. The van der Waals surface area contributed by atoms with Crippen LogP contribution in [-0.2, 0) is 13.0 Å². The van der Waals surface area contributed by atoms with Gasteiger partial charge in [-0.1, -0.05) is 6.92 Å². The molecule has 2 heterocycles. The highest BCUT2D eigenvalue weighted by Crippen LogP contribution is 2.26. The fourth-order valence-corrected chi connectivity index (χ4v) is 2.81. The minimum absolute atomic E-state index is 0.537. The molecule has 1 aliphatic rings. The van der Waals surface area contributed by atoms with Crippen LogP contribution in [0.3, 0.4) is 0 Å². The Kier molecular flexibility index (Phi) is 4.07. The van der Waals surface area contributed by atoms with Crippen LogP contribution in [0.15, 0.2) is 6.07 Å². The first-order valence-electron chi connectivity index (χ1n) is 7.04. The second-order valence-corrected chi connectivity index (χ2v) is 5.43. The minimum atomic E-state index is -0.537. The number of aliphatic hydroxyl groups is 1. The molecule has 18 heavy (non-hydrogen) atoms. The summed E-state index contributed by atoms with van der Waals surface area (Å²) in [5, 5.41) is 15.2. The van der Waals surface area contributed by atoms with E-state index in [2.05, 4.69) is 29.9 Å². The van der Waals surface area contributed by atoms with Crippen LogP contribution in [0.1, 0.15) is 38.1 Å². The van der Waals surface area contributed by atoms with Gasteiger partial charge in [-0.15, -0.1) is 0 Å². The Balaban J connectivity index is 2.04. The third-order valence-corrected chi connectivity index (χ3v) is 4.03. The van der Waals surface area contributed by atoms with Crippen molar-refractivity contribution >= 4 is 0 Å². The zero-order chi connectivity index (χ0) is 13.2. The Hall–Kier alpha value is -0.870. The Morgan fingerprint density at radius 3 is 2.50 bits per heavy atom. The maximum absolute atomic E-state index is 10.7. The normalized spacial score (nSPS) is 20.2. The Morgan fingerprint density at radius 1 is 1.28 bits per heavy atom. The third kappa shape index (κ3) is 2.93. The summed E-state index contributed by atoms with van der Waals surface area (Å²) in [5.41, 5.74) is 1.68. The molecular formula is C14H25N3O. The van der Waals surface area contributed by atoms with Crippen molar-refractivity contribution in [3.05, 3.63) is 17.5 Å². The van der Waals surface area contributed by atoms with Gasteiger partial charge in [0.25, 0.3) is 0 Å². The fraction of sp³-hybridized carbons (Fsp3) is 0.786. The zero-order valence-corrected chi connectivity index (χ0v) is 11.8. The molecule has 0 saturated carbocycles. The second-order valence-electron chi connectivity index (χ2n) is 5.43. The highest BCUT2D eigenvalue weighted by molar-refractivity contribution is 5.12. The van der Waals surface area contributed by atoms with E-state index in [0.717, 1.165) is 51.1 Å². The standard InChI is InChI=1S/C14H25N3O/c1-4-16-8-6-14(18,7-9-16)11-13-10-12(3)15-17(13)5-2/h10,18H,4-9,11H2,1-3H3. The van der Waals surface area contributed by atoms with E-state index in [-0.39, 0.29) is 0 Å². The van der Waals surface area contributed by atoms with Crippen molar-refractivity contribution in [2.24, 2.45) is 0 Å². The fourth-order valence-electron chi connectivity index (χ4n) is 2.81. The molecule has 0 spiro atoms. The van der Waals surface area contributed by atoms with Gasteiger partial charge in [0.2, 0.25) is 0 Å². The Morgan fingerprint density at radius 2 is 1.94 bits per heavy atom. The van der Waals surface area contributed by atoms with Crippen LogP contribution in [-0.4, -0.2) is 45.0 Å². The van der Waals surface area contributed by atoms with E-state index in [1.165, 1.54) is 5.69 Å². The van der Waals surface area contributed by atoms with Crippen LogP contribution < -0.4 is 0 Å². The summed E-state index contributed by atoms with van der Waals surface area (Å²) < 4.78 is 2.01. The van der Waals surface area contributed by atoms with Gasteiger partial charge in [-0.3, -0.25) is 4.68 Å². The summed E-state index contributed by atoms with van der Waals surface area (Å²) in [6.07, 6.45) is 2.47. The van der Waals surface area contributed by atoms with E-state index in [9.17, 15) is 5.11 Å². The smallest absolute Gasteiger partial charge is 0.0727 e. The van der Waals surface area contributed by atoms with Gasteiger partial charge in [0.15, 0.2) is 0 Å². The van der Waals surface area contributed by atoms with Crippen LogP contribution in [0.25, 0.3) is 0 Å². The van der Waals surface area contributed by atoms with Crippen molar-refractivity contribution in [1.82, 2.24) is 14.7 Å². The van der Waals surface area contributed by atoms with Gasteiger partial charge in [0.05, 0.1) is 11.3 Å². The molecule has 1 aliphatic heterocycles. The molecule has 1 aromatic heterocycles. The Bertz CT molecular complexity index is 392.